The molecule has 2 heterocycles. The second-order valence-electron chi connectivity index (χ2n) is 6.22. The van der Waals surface area contributed by atoms with E-state index in [1.165, 1.54) is 44.8 Å². The predicted octanol–water partition coefficient (Wildman–Crippen LogP) is 2.65. The molecule has 1 N–H and O–H groups in total. The van der Waals surface area contributed by atoms with Crippen LogP contribution in [-0.2, 0) is 9.53 Å². The normalized spacial score (nSPS) is 15.2. The van der Waals surface area contributed by atoms with Crippen LogP contribution in [0.1, 0.15) is 36.7 Å². The van der Waals surface area contributed by atoms with Crippen molar-refractivity contribution in [3.05, 3.63) is 48.5 Å². The molecule has 0 unspecified atom stereocenters. The van der Waals surface area contributed by atoms with Crippen molar-refractivity contribution >= 4 is 23.3 Å². The van der Waals surface area contributed by atoms with Gasteiger partial charge in [0.15, 0.2) is 11.8 Å². The van der Waals surface area contributed by atoms with Gasteiger partial charge in [0.25, 0.3) is 5.91 Å². The Morgan fingerprint density at radius 3 is 2.50 bits per heavy atom. The standard InChI is InChI=1S/C19H22N4O3/c1-14(26-19(25)17-13-20-9-10-21-17)18(24)22-15-5-7-16(8-6-15)23-11-3-2-4-12-23/h5-10,13-14H,2-4,11-12H2,1H3,(H,22,24)/t14-/m0/s1. The number of benzene rings is 1. The van der Waals surface area contributed by atoms with Crippen LogP contribution in [0.4, 0.5) is 11.4 Å². The van der Waals surface area contributed by atoms with Crippen LogP contribution in [0.5, 0.6) is 0 Å². The number of hydrogen-bond acceptors (Lipinski definition) is 6. The lowest BCUT2D eigenvalue weighted by atomic mass is 10.1. The topological polar surface area (TPSA) is 84.4 Å². The number of amides is 1. The predicted molar refractivity (Wildman–Crippen MR) is 98.0 cm³/mol. The Bertz CT molecular complexity index is 743. The fourth-order valence-electron chi connectivity index (χ4n) is 2.83. The molecule has 1 atom stereocenters. The lowest BCUT2D eigenvalue weighted by molar-refractivity contribution is -0.123. The number of nitrogens with zero attached hydrogens (tertiary/aromatic N) is 3. The van der Waals surface area contributed by atoms with Crippen LogP contribution in [0.3, 0.4) is 0 Å². The van der Waals surface area contributed by atoms with E-state index in [1.807, 2.05) is 24.3 Å². The maximum Gasteiger partial charge on any atom is 0.359 e. The van der Waals surface area contributed by atoms with E-state index >= 15 is 0 Å². The number of hydrogen-bond donors (Lipinski definition) is 1. The van der Waals surface area contributed by atoms with Crippen molar-refractivity contribution in [2.45, 2.75) is 32.3 Å². The average Bonchev–Trinajstić information content (AvgIpc) is 2.70. The molecule has 7 nitrogen and oxygen atoms in total. The number of nitrogens with one attached hydrogen (secondary N) is 1. The molecule has 0 saturated carbocycles. The molecule has 1 aliphatic rings. The van der Waals surface area contributed by atoms with Gasteiger partial charge in [-0.05, 0) is 50.5 Å². The van der Waals surface area contributed by atoms with Crippen molar-refractivity contribution in [1.29, 1.82) is 0 Å². The third-order valence-corrected chi connectivity index (χ3v) is 4.28. The Labute approximate surface area is 152 Å². The summed E-state index contributed by atoms with van der Waals surface area (Å²) in [7, 11) is 0. The Morgan fingerprint density at radius 2 is 1.85 bits per heavy atom. The summed E-state index contributed by atoms with van der Waals surface area (Å²) in [5, 5.41) is 2.76. The van der Waals surface area contributed by atoms with Gasteiger partial charge in [0.05, 0.1) is 6.20 Å². The molecule has 26 heavy (non-hydrogen) atoms. The SMILES string of the molecule is C[C@H](OC(=O)c1cnccn1)C(=O)Nc1ccc(N2CCCCC2)cc1. The van der Waals surface area contributed by atoms with Gasteiger partial charge in [-0.25, -0.2) is 9.78 Å². The highest BCUT2D eigenvalue weighted by atomic mass is 16.5. The molecule has 0 bridgehead atoms. The molecule has 1 amide bonds. The first kappa shape index (κ1) is 17.8. The summed E-state index contributed by atoms with van der Waals surface area (Å²) in [5.74, 6) is -1.07. The zero-order valence-corrected chi connectivity index (χ0v) is 14.7. The monoisotopic (exact) mass is 354 g/mol. The van der Waals surface area contributed by atoms with Gasteiger partial charge in [-0.3, -0.25) is 9.78 Å². The molecule has 1 fully saturated rings. The number of piperidine rings is 1. The van der Waals surface area contributed by atoms with Crippen molar-refractivity contribution < 1.29 is 14.3 Å². The van der Waals surface area contributed by atoms with Crippen LogP contribution >= 0.6 is 0 Å². The smallest absolute Gasteiger partial charge is 0.359 e. The largest absolute Gasteiger partial charge is 0.448 e. The van der Waals surface area contributed by atoms with Gasteiger partial charge in [0, 0.05) is 36.9 Å². The zero-order chi connectivity index (χ0) is 18.4. The molecule has 136 valence electrons. The number of carbonyl (C=O) groups excluding carboxylic acids is 2. The van der Waals surface area contributed by atoms with Crippen molar-refractivity contribution in [3.63, 3.8) is 0 Å². The maximum absolute atomic E-state index is 12.2. The van der Waals surface area contributed by atoms with Crippen molar-refractivity contribution in [2.24, 2.45) is 0 Å². The summed E-state index contributed by atoms with van der Waals surface area (Å²) in [5.41, 5.74) is 1.89. The molecule has 2 aromatic rings. The molecule has 0 radical (unpaired) electrons. The average molecular weight is 354 g/mol. The van der Waals surface area contributed by atoms with E-state index in [9.17, 15) is 9.59 Å². The second-order valence-corrected chi connectivity index (χ2v) is 6.22. The number of aromatic nitrogens is 2. The third kappa shape index (κ3) is 4.56. The molecule has 0 aliphatic carbocycles. The van der Waals surface area contributed by atoms with Gasteiger partial charge < -0.3 is 15.0 Å². The summed E-state index contributed by atoms with van der Waals surface area (Å²) >= 11 is 0. The molecule has 1 saturated heterocycles. The third-order valence-electron chi connectivity index (χ3n) is 4.28. The van der Waals surface area contributed by atoms with E-state index in [-0.39, 0.29) is 5.69 Å². The summed E-state index contributed by atoms with van der Waals surface area (Å²) in [4.78, 5) is 34.2. The lowest BCUT2D eigenvalue weighted by Gasteiger charge is -2.28. The van der Waals surface area contributed by atoms with Crippen LogP contribution < -0.4 is 10.2 Å². The van der Waals surface area contributed by atoms with Crippen LogP contribution in [0.25, 0.3) is 0 Å². The maximum atomic E-state index is 12.2. The minimum atomic E-state index is -0.939. The van der Waals surface area contributed by atoms with E-state index in [0.717, 1.165) is 18.8 Å². The second kappa shape index (κ2) is 8.42. The van der Waals surface area contributed by atoms with Crippen LogP contribution in [0, 0.1) is 0 Å². The van der Waals surface area contributed by atoms with Crippen LogP contribution in [0.15, 0.2) is 42.9 Å². The van der Waals surface area contributed by atoms with E-state index in [1.54, 1.807) is 0 Å². The first-order chi connectivity index (χ1) is 12.6. The molecule has 1 aromatic heterocycles. The highest BCUT2D eigenvalue weighted by Gasteiger charge is 2.20. The fraction of sp³-hybridized carbons (Fsp3) is 0.368. The number of esters is 1. The number of rotatable bonds is 5. The summed E-state index contributed by atoms with van der Waals surface area (Å²) in [6.45, 7) is 3.66. The van der Waals surface area contributed by atoms with Gasteiger partial charge in [-0.1, -0.05) is 0 Å². The molecular weight excluding hydrogens is 332 g/mol. The highest BCUT2D eigenvalue weighted by Crippen LogP contribution is 2.22. The highest BCUT2D eigenvalue weighted by molar-refractivity contribution is 5.96. The lowest BCUT2D eigenvalue weighted by Crippen LogP contribution is -2.30. The van der Waals surface area contributed by atoms with E-state index in [4.69, 9.17) is 4.74 Å². The number of carbonyl (C=O) groups is 2. The number of ether oxygens (including phenoxy) is 1. The summed E-state index contributed by atoms with van der Waals surface area (Å²) < 4.78 is 5.13. The minimum Gasteiger partial charge on any atom is -0.448 e. The van der Waals surface area contributed by atoms with Gasteiger partial charge >= 0.3 is 5.97 Å². The molecule has 7 heteroatoms. The van der Waals surface area contributed by atoms with E-state index < -0.39 is 18.0 Å². The van der Waals surface area contributed by atoms with Gasteiger partial charge in [0.1, 0.15) is 0 Å². The fourth-order valence-corrected chi connectivity index (χ4v) is 2.83. The quantitative estimate of drug-likeness (QED) is 0.831. The Hall–Kier alpha value is -2.96. The first-order valence-electron chi connectivity index (χ1n) is 8.76. The van der Waals surface area contributed by atoms with Crippen LogP contribution in [0.2, 0.25) is 0 Å². The number of anilines is 2. The van der Waals surface area contributed by atoms with Crippen molar-refractivity contribution in [3.8, 4) is 0 Å². The summed E-state index contributed by atoms with van der Waals surface area (Å²) in [6.07, 6.45) is 6.93. The summed E-state index contributed by atoms with van der Waals surface area (Å²) in [6, 6.07) is 7.71. The van der Waals surface area contributed by atoms with E-state index in [2.05, 4.69) is 20.2 Å². The van der Waals surface area contributed by atoms with Gasteiger partial charge in [-0.15, -0.1) is 0 Å². The van der Waals surface area contributed by atoms with Gasteiger partial charge in [-0.2, -0.15) is 0 Å². The van der Waals surface area contributed by atoms with Crippen molar-refractivity contribution in [2.75, 3.05) is 23.3 Å². The van der Waals surface area contributed by atoms with Crippen LogP contribution in [-0.4, -0.2) is 41.0 Å². The molecular formula is C19H22N4O3. The van der Waals surface area contributed by atoms with Crippen molar-refractivity contribution in [1.82, 2.24) is 9.97 Å². The van der Waals surface area contributed by atoms with Gasteiger partial charge in [0.2, 0.25) is 0 Å². The Kier molecular flexibility index (Phi) is 5.78. The minimum absolute atomic E-state index is 0.0676. The first-order valence-corrected chi connectivity index (χ1v) is 8.76. The molecule has 3 rings (SSSR count). The zero-order valence-electron chi connectivity index (χ0n) is 14.7. The molecule has 0 spiro atoms. The molecule has 1 aromatic carbocycles. The molecule has 1 aliphatic heterocycles. The van der Waals surface area contributed by atoms with E-state index in [0.29, 0.717) is 5.69 Å². The Balaban J connectivity index is 1.54. The Morgan fingerprint density at radius 1 is 1.12 bits per heavy atom.